The minimum absolute atomic E-state index is 0.0402. The molecule has 0 unspecified atom stereocenters. The summed E-state index contributed by atoms with van der Waals surface area (Å²) in [6.07, 6.45) is 0. The first-order valence-corrected chi connectivity index (χ1v) is 12.6. The highest BCUT2D eigenvalue weighted by Gasteiger charge is 2.25. The van der Waals surface area contributed by atoms with Gasteiger partial charge < -0.3 is 25.0 Å². The Hall–Kier alpha value is -3.76. The third kappa shape index (κ3) is 6.03. The summed E-state index contributed by atoms with van der Waals surface area (Å²) >= 11 is 0. The smallest absolute Gasteiger partial charge is 0.323 e. The Morgan fingerprint density at radius 3 is 2.31 bits per heavy atom. The SMILES string of the molecule is COc1ccccc1NS(=O)(=O)c1cc(NC(=O)Nc2ccc(C)cc2)ccc1N1CCOCC1. The first-order chi connectivity index (χ1) is 16.9. The Morgan fingerprint density at radius 2 is 1.60 bits per heavy atom. The summed E-state index contributed by atoms with van der Waals surface area (Å²) in [5.41, 5.74) is 2.89. The number of urea groups is 1. The molecule has 35 heavy (non-hydrogen) atoms. The van der Waals surface area contributed by atoms with Crippen LogP contribution in [0.15, 0.2) is 71.6 Å². The van der Waals surface area contributed by atoms with Gasteiger partial charge in [-0.25, -0.2) is 13.2 Å². The number of benzene rings is 3. The molecule has 1 saturated heterocycles. The van der Waals surface area contributed by atoms with Gasteiger partial charge in [-0.05, 0) is 49.4 Å². The highest BCUT2D eigenvalue weighted by molar-refractivity contribution is 7.93. The van der Waals surface area contributed by atoms with Gasteiger partial charge in [-0.15, -0.1) is 0 Å². The fourth-order valence-electron chi connectivity index (χ4n) is 3.73. The lowest BCUT2D eigenvalue weighted by atomic mass is 10.2. The van der Waals surface area contributed by atoms with Gasteiger partial charge in [-0.3, -0.25) is 4.72 Å². The number of hydrogen-bond donors (Lipinski definition) is 3. The van der Waals surface area contributed by atoms with Crippen LogP contribution in [0.25, 0.3) is 0 Å². The Kier molecular flexibility index (Phi) is 7.42. The van der Waals surface area contributed by atoms with Crippen LogP contribution in [0.1, 0.15) is 5.56 Å². The predicted octanol–water partition coefficient (Wildman–Crippen LogP) is 4.29. The molecule has 9 nitrogen and oxygen atoms in total. The van der Waals surface area contributed by atoms with Gasteiger partial charge in [0.05, 0.1) is 31.7 Å². The zero-order valence-corrected chi connectivity index (χ0v) is 20.4. The van der Waals surface area contributed by atoms with E-state index in [0.29, 0.717) is 54.8 Å². The van der Waals surface area contributed by atoms with Crippen LogP contribution in [0.4, 0.5) is 27.5 Å². The van der Waals surface area contributed by atoms with Crippen molar-refractivity contribution >= 4 is 38.8 Å². The lowest BCUT2D eigenvalue weighted by Gasteiger charge is -2.30. The molecule has 0 radical (unpaired) electrons. The number of nitrogens with zero attached hydrogens (tertiary/aromatic N) is 1. The van der Waals surface area contributed by atoms with Crippen molar-refractivity contribution in [3.8, 4) is 5.75 Å². The molecule has 3 N–H and O–H groups in total. The molecule has 1 heterocycles. The molecule has 4 rings (SSSR count). The number of amides is 2. The third-order valence-corrected chi connectivity index (χ3v) is 6.91. The van der Waals surface area contributed by atoms with Crippen LogP contribution in [-0.2, 0) is 14.8 Å². The first kappa shape index (κ1) is 24.4. The van der Waals surface area contributed by atoms with Gasteiger partial charge in [0.25, 0.3) is 10.0 Å². The maximum absolute atomic E-state index is 13.5. The topological polar surface area (TPSA) is 109 Å². The van der Waals surface area contributed by atoms with E-state index in [1.54, 1.807) is 48.5 Å². The third-order valence-electron chi connectivity index (χ3n) is 5.52. The largest absolute Gasteiger partial charge is 0.495 e. The summed E-state index contributed by atoms with van der Waals surface area (Å²) in [5, 5.41) is 5.47. The van der Waals surface area contributed by atoms with E-state index in [9.17, 15) is 13.2 Å². The maximum atomic E-state index is 13.5. The molecule has 1 aliphatic rings. The van der Waals surface area contributed by atoms with E-state index in [0.717, 1.165) is 5.56 Å². The van der Waals surface area contributed by atoms with Crippen LogP contribution in [0, 0.1) is 6.92 Å². The number of para-hydroxylation sites is 2. The van der Waals surface area contributed by atoms with E-state index >= 15 is 0 Å². The van der Waals surface area contributed by atoms with E-state index in [1.165, 1.54) is 13.2 Å². The molecule has 3 aromatic carbocycles. The highest BCUT2D eigenvalue weighted by Crippen LogP contribution is 2.33. The number of nitrogens with one attached hydrogen (secondary N) is 3. The van der Waals surface area contributed by atoms with Crippen molar-refractivity contribution in [3.63, 3.8) is 0 Å². The molecule has 0 bridgehead atoms. The molecule has 0 saturated carbocycles. The van der Waals surface area contributed by atoms with Crippen LogP contribution >= 0.6 is 0 Å². The molecule has 0 aliphatic carbocycles. The van der Waals surface area contributed by atoms with E-state index in [2.05, 4.69) is 15.4 Å². The van der Waals surface area contributed by atoms with Crippen LogP contribution in [0.3, 0.4) is 0 Å². The monoisotopic (exact) mass is 496 g/mol. The van der Waals surface area contributed by atoms with Gasteiger partial charge in [-0.1, -0.05) is 29.8 Å². The fraction of sp³-hybridized carbons (Fsp3) is 0.240. The average Bonchev–Trinajstić information content (AvgIpc) is 2.86. The second-order valence-electron chi connectivity index (χ2n) is 8.03. The summed E-state index contributed by atoms with van der Waals surface area (Å²) in [4.78, 5) is 14.6. The van der Waals surface area contributed by atoms with Gasteiger partial charge in [0.2, 0.25) is 0 Å². The Bertz CT molecular complexity index is 1290. The second-order valence-corrected chi connectivity index (χ2v) is 9.68. The van der Waals surface area contributed by atoms with Crippen molar-refractivity contribution in [2.45, 2.75) is 11.8 Å². The summed E-state index contributed by atoms with van der Waals surface area (Å²) < 4.78 is 40.4. The van der Waals surface area contributed by atoms with E-state index in [1.807, 2.05) is 24.0 Å². The van der Waals surface area contributed by atoms with Gasteiger partial charge in [0.1, 0.15) is 10.6 Å². The number of rotatable bonds is 7. The molecular weight excluding hydrogens is 468 g/mol. The number of anilines is 4. The summed E-state index contributed by atoms with van der Waals surface area (Å²) in [6.45, 7) is 4.06. The molecule has 1 fully saturated rings. The minimum Gasteiger partial charge on any atom is -0.495 e. The predicted molar refractivity (Wildman–Crippen MR) is 137 cm³/mol. The van der Waals surface area contributed by atoms with Crippen LogP contribution < -0.4 is 25.0 Å². The van der Waals surface area contributed by atoms with Crippen molar-refractivity contribution in [1.82, 2.24) is 0 Å². The summed E-state index contributed by atoms with van der Waals surface area (Å²) in [6, 6.07) is 18.5. The normalized spacial score (nSPS) is 13.7. The zero-order valence-electron chi connectivity index (χ0n) is 19.6. The van der Waals surface area contributed by atoms with Gasteiger partial charge in [0, 0.05) is 24.5 Å². The maximum Gasteiger partial charge on any atom is 0.323 e. The fourth-order valence-corrected chi connectivity index (χ4v) is 5.05. The lowest BCUT2D eigenvalue weighted by Crippen LogP contribution is -2.37. The molecule has 0 atom stereocenters. The number of aryl methyl sites for hydroxylation is 1. The Balaban J connectivity index is 1.64. The molecule has 3 aromatic rings. The van der Waals surface area contributed by atoms with Crippen LogP contribution in [-0.4, -0.2) is 47.9 Å². The van der Waals surface area contributed by atoms with E-state index < -0.39 is 16.1 Å². The van der Waals surface area contributed by atoms with Gasteiger partial charge in [0.15, 0.2) is 0 Å². The number of ether oxygens (including phenoxy) is 2. The van der Waals surface area contributed by atoms with Crippen LogP contribution in [0.2, 0.25) is 0 Å². The standard InChI is InChI=1S/C25H28N4O5S/c1-18-7-9-19(10-8-18)26-25(30)27-20-11-12-22(29-13-15-34-16-14-29)24(17-20)35(31,32)28-21-5-3-4-6-23(21)33-2/h3-12,17,28H,13-16H2,1-2H3,(H2,26,27,30). The molecule has 0 spiro atoms. The quantitative estimate of drug-likeness (QED) is 0.450. The number of morpholine rings is 1. The van der Waals surface area contributed by atoms with E-state index in [-0.39, 0.29) is 4.90 Å². The van der Waals surface area contributed by atoms with Crippen molar-refractivity contribution in [2.75, 3.05) is 53.7 Å². The van der Waals surface area contributed by atoms with Crippen molar-refractivity contribution in [1.29, 1.82) is 0 Å². The molecule has 0 aromatic heterocycles. The van der Waals surface area contributed by atoms with Gasteiger partial charge in [-0.2, -0.15) is 0 Å². The number of hydrogen-bond acceptors (Lipinski definition) is 6. The summed E-state index contributed by atoms with van der Waals surface area (Å²) in [5.74, 6) is 0.399. The molecule has 184 valence electrons. The number of carbonyl (C=O) groups excluding carboxylic acids is 1. The van der Waals surface area contributed by atoms with Crippen molar-refractivity contribution in [2.24, 2.45) is 0 Å². The second kappa shape index (κ2) is 10.7. The number of carbonyl (C=O) groups is 1. The highest BCUT2D eigenvalue weighted by atomic mass is 32.2. The summed E-state index contributed by atoms with van der Waals surface area (Å²) in [7, 11) is -2.56. The van der Waals surface area contributed by atoms with Gasteiger partial charge >= 0.3 is 6.03 Å². The van der Waals surface area contributed by atoms with Crippen molar-refractivity contribution < 1.29 is 22.7 Å². The number of methoxy groups -OCH3 is 1. The molecular formula is C25H28N4O5S. The zero-order chi connectivity index (χ0) is 24.8. The van der Waals surface area contributed by atoms with Crippen molar-refractivity contribution in [3.05, 3.63) is 72.3 Å². The Morgan fingerprint density at radius 1 is 0.943 bits per heavy atom. The number of sulfonamides is 1. The lowest BCUT2D eigenvalue weighted by molar-refractivity contribution is 0.122. The Labute approximate surface area is 205 Å². The minimum atomic E-state index is -4.03. The molecule has 1 aliphatic heterocycles. The first-order valence-electron chi connectivity index (χ1n) is 11.1. The molecule has 10 heteroatoms. The van der Waals surface area contributed by atoms with E-state index in [4.69, 9.17) is 9.47 Å². The molecule has 2 amide bonds. The average molecular weight is 497 g/mol. The van der Waals surface area contributed by atoms with Crippen LogP contribution in [0.5, 0.6) is 5.75 Å².